The Morgan fingerprint density at radius 1 is 1.10 bits per heavy atom. The summed E-state index contributed by atoms with van der Waals surface area (Å²) < 4.78 is 28.0. The number of nitrogens with zero attached hydrogens (tertiary/aromatic N) is 2. The van der Waals surface area contributed by atoms with Gasteiger partial charge in [-0.25, -0.2) is 13.8 Å². The molecule has 2 atom stereocenters. The van der Waals surface area contributed by atoms with Crippen molar-refractivity contribution in [3.8, 4) is 0 Å². The minimum Gasteiger partial charge on any atom is -0.313 e. The van der Waals surface area contributed by atoms with Gasteiger partial charge in [-0.3, -0.25) is 9.59 Å². The first-order valence-electron chi connectivity index (χ1n) is 9.05. The quantitative estimate of drug-likeness (QED) is 0.834. The van der Waals surface area contributed by atoms with E-state index >= 15 is 0 Å². The summed E-state index contributed by atoms with van der Waals surface area (Å²) in [5, 5.41) is 2.84. The van der Waals surface area contributed by atoms with Crippen LogP contribution in [0.15, 0.2) is 52.4 Å². The molecule has 0 aliphatic carbocycles. The van der Waals surface area contributed by atoms with E-state index in [-0.39, 0.29) is 23.0 Å². The van der Waals surface area contributed by atoms with E-state index in [0.717, 1.165) is 17.2 Å². The molecule has 2 aliphatic heterocycles. The van der Waals surface area contributed by atoms with Gasteiger partial charge in [0.1, 0.15) is 11.8 Å². The fraction of sp³-hybridized carbons (Fsp3) is 0.238. The third-order valence-corrected chi connectivity index (χ3v) is 5.85. The summed E-state index contributed by atoms with van der Waals surface area (Å²) in [6.45, 7) is 2.00. The van der Waals surface area contributed by atoms with Crippen LogP contribution in [0.3, 0.4) is 0 Å². The zero-order valence-electron chi connectivity index (χ0n) is 15.5. The van der Waals surface area contributed by atoms with Crippen LogP contribution in [-0.2, 0) is 15.3 Å². The van der Waals surface area contributed by atoms with Gasteiger partial charge in [0.2, 0.25) is 5.91 Å². The fourth-order valence-corrected chi connectivity index (χ4v) is 4.26. The number of aliphatic imine (C=N–C) groups is 2. The van der Waals surface area contributed by atoms with Crippen molar-refractivity contribution in [3.63, 3.8) is 0 Å². The van der Waals surface area contributed by atoms with E-state index in [1.807, 2.05) is 31.2 Å². The molecule has 4 rings (SSSR count). The van der Waals surface area contributed by atoms with Gasteiger partial charge in [0.15, 0.2) is 16.8 Å². The number of amides is 2. The van der Waals surface area contributed by atoms with Crippen molar-refractivity contribution < 1.29 is 18.4 Å². The van der Waals surface area contributed by atoms with Gasteiger partial charge in [0, 0.05) is 18.1 Å². The third kappa shape index (κ3) is 3.98. The van der Waals surface area contributed by atoms with Gasteiger partial charge in [0.25, 0.3) is 5.91 Å². The van der Waals surface area contributed by atoms with Gasteiger partial charge in [-0.15, -0.1) is 0 Å². The summed E-state index contributed by atoms with van der Waals surface area (Å²) in [6.07, 6.45) is -0.142. The van der Waals surface area contributed by atoms with Crippen LogP contribution in [0, 0.1) is 24.5 Å². The van der Waals surface area contributed by atoms with Crippen LogP contribution in [-0.4, -0.2) is 22.8 Å². The zero-order valence-corrected chi connectivity index (χ0v) is 16.3. The van der Waals surface area contributed by atoms with Gasteiger partial charge >= 0.3 is 0 Å². The van der Waals surface area contributed by atoms with Crippen molar-refractivity contribution in [1.29, 1.82) is 0 Å². The topological polar surface area (TPSA) is 70.9 Å². The summed E-state index contributed by atoms with van der Waals surface area (Å²) in [7, 11) is 0. The Bertz CT molecular complexity index is 1050. The highest BCUT2D eigenvalue weighted by Crippen LogP contribution is 2.37. The number of thioether (sulfide) groups is 1. The summed E-state index contributed by atoms with van der Waals surface area (Å²) in [5.41, 5.74) is 2.18. The Morgan fingerprint density at radius 2 is 1.86 bits per heavy atom. The number of halogens is 2. The first-order valence-corrected chi connectivity index (χ1v) is 10.0. The lowest BCUT2D eigenvalue weighted by molar-refractivity contribution is -0.124. The maximum Gasteiger partial charge on any atom is 0.259 e. The van der Waals surface area contributed by atoms with Gasteiger partial charge in [-0.05, 0) is 24.1 Å². The molecule has 1 saturated heterocycles. The predicted molar refractivity (Wildman–Crippen MR) is 108 cm³/mol. The second-order valence-corrected chi connectivity index (χ2v) is 7.93. The van der Waals surface area contributed by atoms with Crippen LogP contribution in [0.2, 0.25) is 0 Å². The largest absolute Gasteiger partial charge is 0.313 e. The van der Waals surface area contributed by atoms with Crippen molar-refractivity contribution in [2.75, 3.05) is 0 Å². The van der Waals surface area contributed by atoms with E-state index < -0.39 is 35.3 Å². The van der Waals surface area contributed by atoms with E-state index in [0.29, 0.717) is 5.75 Å². The van der Waals surface area contributed by atoms with E-state index in [9.17, 15) is 18.4 Å². The smallest absolute Gasteiger partial charge is 0.259 e. The lowest BCUT2D eigenvalue weighted by atomic mass is 9.79. The first-order chi connectivity index (χ1) is 13.9. The molecule has 0 saturated carbocycles. The minimum atomic E-state index is -1.05. The molecule has 0 bridgehead atoms. The number of aryl methyl sites for hydroxylation is 1. The molecule has 2 aromatic rings. The highest BCUT2D eigenvalue weighted by atomic mass is 32.2. The van der Waals surface area contributed by atoms with Crippen molar-refractivity contribution >= 4 is 34.6 Å². The number of hydrogen-bond acceptors (Lipinski definition) is 4. The average Bonchev–Trinajstić information content (AvgIpc) is 2.69. The van der Waals surface area contributed by atoms with Crippen LogP contribution in [0.4, 0.5) is 8.78 Å². The Morgan fingerprint density at radius 3 is 2.62 bits per heavy atom. The number of fused-ring (bicyclic) bond motifs is 1. The molecule has 1 fully saturated rings. The number of carbonyl (C=O) groups excluding carboxylic acids is 2. The van der Waals surface area contributed by atoms with Crippen LogP contribution in [0.1, 0.15) is 29.0 Å². The molecule has 2 aliphatic rings. The van der Waals surface area contributed by atoms with Crippen LogP contribution in [0.25, 0.3) is 0 Å². The van der Waals surface area contributed by atoms with Gasteiger partial charge in [-0.2, -0.15) is 4.99 Å². The van der Waals surface area contributed by atoms with Crippen LogP contribution < -0.4 is 5.32 Å². The molecule has 148 valence electrons. The number of rotatable bonds is 3. The van der Waals surface area contributed by atoms with Gasteiger partial charge in [-0.1, -0.05) is 53.7 Å². The second kappa shape index (κ2) is 7.87. The highest BCUT2D eigenvalue weighted by molar-refractivity contribution is 8.13. The maximum absolute atomic E-state index is 14.3. The van der Waals surface area contributed by atoms with Crippen molar-refractivity contribution in [1.82, 2.24) is 5.32 Å². The van der Waals surface area contributed by atoms with Gasteiger partial charge < -0.3 is 5.32 Å². The number of benzene rings is 2. The Balaban J connectivity index is 1.58. The molecule has 2 aromatic carbocycles. The van der Waals surface area contributed by atoms with Crippen molar-refractivity contribution in [2.45, 2.75) is 25.0 Å². The monoisotopic (exact) mass is 413 g/mol. The van der Waals surface area contributed by atoms with Crippen molar-refractivity contribution in [3.05, 3.63) is 70.8 Å². The Kier molecular flexibility index (Phi) is 5.27. The number of amidine groups is 2. The molecule has 0 aromatic heterocycles. The Labute approximate surface area is 170 Å². The average molecular weight is 413 g/mol. The minimum absolute atomic E-state index is 0.0168. The summed E-state index contributed by atoms with van der Waals surface area (Å²) >= 11 is 1.28. The lowest BCUT2D eigenvalue weighted by Gasteiger charge is -2.32. The van der Waals surface area contributed by atoms with E-state index in [4.69, 9.17) is 0 Å². The number of nitrogens with one attached hydrogen (secondary N) is 1. The van der Waals surface area contributed by atoms with Crippen LogP contribution in [0.5, 0.6) is 0 Å². The molecule has 2 unspecified atom stereocenters. The molecule has 8 heteroatoms. The fourth-order valence-electron chi connectivity index (χ4n) is 3.45. The molecule has 1 N–H and O–H groups in total. The molecule has 5 nitrogen and oxygen atoms in total. The normalized spacial score (nSPS) is 21.2. The van der Waals surface area contributed by atoms with Crippen molar-refractivity contribution in [2.24, 2.45) is 15.9 Å². The molecular formula is C21H17F2N3O2S. The standard InChI is InChI=1S/C21H17F2N3O2S/c1-11-5-7-12(8-6-11)10-29-21-25-19-17(20(28)26-21)14(9-16(27)24-19)13-3-2-4-15(22)18(13)23/h2-8,14,17H,9-10H2,1H3,(H,24,25,26,27,28). The van der Waals surface area contributed by atoms with Gasteiger partial charge in [0.05, 0.1) is 0 Å². The van der Waals surface area contributed by atoms with E-state index in [1.54, 1.807) is 0 Å². The second-order valence-electron chi connectivity index (χ2n) is 6.98. The van der Waals surface area contributed by atoms with E-state index in [2.05, 4.69) is 15.3 Å². The maximum atomic E-state index is 14.3. The summed E-state index contributed by atoms with van der Waals surface area (Å²) in [6, 6.07) is 11.7. The summed E-state index contributed by atoms with van der Waals surface area (Å²) in [5.74, 6) is -4.08. The highest BCUT2D eigenvalue weighted by Gasteiger charge is 2.43. The van der Waals surface area contributed by atoms with E-state index in [1.165, 1.54) is 23.9 Å². The molecule has 2 amide bonds. The third-order valence-electron chi connectivity index (χ3n) is 4.93. The molecular weight excluding hydrogens is 396 g/mol. The lowest BCUT2D eigenvalue weighted by Crippen LogP contribution is -2.49. The zero-order chi connectivity index (χ0) is 20.5. The molecule has 29 heavy (non-hydrogen) atoms. The SMILES string of the molecule is Cc1ccc(CSC2=NC(=O)C3C(=N2)NC(=O)CC3c2cccc(F)c2F)cc1. The van der Waals surface area contributed by atoms with Crippen LogP contribution >= 0.6 is 11.8 Å². The predicted octanol–water partition coefficient (Wildman–Crippen LogP) is 3.72. The first kappa shape index (κ1) is 19.4. The molecule has 2 heterocycles. The molecule has 0 radical (unpaired) electrons. The number of piperidine rings is 1. The Hall–Kier alpha value is -2.87. The summed E-state index contributed by atoms with van der Waals surface area (Å²) in [4.78, 5) is 33.3. The molecule has 0 spiro atoms. The number of hydrogen-bond donors (Lipinski definition) is 1. The number of carbonyl (C=O) groups is 2.